The molecule has 1 heterocycles. The Kier molecular flexibility index (Phi) is 8.93. The average molecular weight is 484 g/mol. The summed E-state index contributed by atoms with van der Waals surface area (Å²) in [6.07, 6.45) is 11.3. The number of piperidine rings is 1. The fourth-order valence-electron chi connectivity index (χ4n) is 5.58. The molecule has 0 spiro atoms. The Labute approximate surface area is 212 Å². The Morgan fingerprint density at radius 2 is 1.77 bits per heavy atom. The summed E-state index contributed by atoms with van der Waals surface area (Å²) in [6.45, 7) is 12.6. The molecule has 0 N–H and O–H groups in total. The van der Waals surface area contributed by atoms with Crippen molar-refractivity contribution in [3.63, 3.8) is 0 Å². The third-order valence-corrected chi connectivity index (χ3v) is 7.67. The molecule has 1 aromatic carbocycles. The van der Waals surface area contributed by atoms with Gasteiger partial charge in [0, 0.05) is 6.54 Å². The van der Waals surface area contributed by atoms with Gasteiger partial charge in [0.1, 0.15) is 5.75 Å². The van der Waals surface area contributed by atoms with E-state index in [2.05, 4.69) is 49.9 Å². The van der Waals surface area contributed by atoms with Crippen molar-refractivity contribution in [3.8, 4) is 5.75 Å². The monoisotopic (exact) mass is 483 g/mol. The van der Waals surface area contributed by atoms with Crippen LogP contribution < -0.4 is 4.74 Å². The third-order valence-electron chi connectivity index (χ3n) is 7.67. The first-order valence-electron chi connectivity index (χ1n) is 13.8. The molecule has 0 radical (unpaired) electrons. The summed E-state index contributed by atoms with van der Waals surface area (Å²) in [4.78, 5) is 14.5. The van der Waals surface area contributed by atoms with Gasteiger partial charge in [0.05, 0.1) is 30.8 Å². The molecule has 2 aliphatic carbocycles. The molecule has 1 saturated carbocycles. The van der Waals surface area contributed by atoms with E-state index in [1.807, 2.05) is 6.92 Å². The van der Waals surface area contributed by atoms with Crippen molar-refractivity contribution in [2.45, 2.75) is 90.8 Å². The van der Waals surface area contributed by atoms with E-state index in [1.165, 1.54) is 29.5 Å². The van der Waals surface area contributed by atoms with E-state index in [1.54, 1.807) is 0 Å². The van der Waals surface area contributed by atoms with E-state index in [0.29, 0.717) is 18.6 Å². The van der Waals surface area contributed by atoms with Crippen LogP contribution in [0.1, 0.15) is 83.8 Å². The lowest BCUT2D eigenvalue weighted by atomic mass is 9.87. The fraction of sp³-hybridized carbons (Fsp3) is 0.700. The van der Waals surface area contributed by atoms with E-state index in [4.69, 9.17) is 14.2 Å². The summed E-state index contributed by atoms with van der Waals surface area (Å²) in [7, 11) is 0. The SMILES string of the molecule is CCOC(=O)C1CCN(CC2=Cc3ccc(O[C@H]4CC[C@@H](COC(C)(C)C)CC4)cc3CC2)CC1. The molecular weight excluding hydrogens is 438 g/mol. The first-order valence-corrected chi connectivity index (χ1v) is 13.8. The van der Waals surface area contributed by atoms with Gasteiger partial charge >= 0.3 is 5.97 Å². The van der Waals surface area contributed by atoms with Gasteiger partial charge in [-0.15, -0.1) is 0 Å². The number of carbonyl (C=O) groups is 1. The molecule has 4 rings (SSSR count). The topological polar surface area (TPSA) is 48.0 Å². The van der Waals surface area contributed by atoms with E-state index < -0.39 is 0 Å². The maximum atomic E-state index is 12.0. The molecule has 5 nitrogen and oxygen atoms in total. The van der Waals surface area contributed by atoms with Gasteiger partial charge in [-0.1, -0.05) is 17.7 Å². The zero-order valence-corrected chi connectivity index (χ0v) is 22.3. The minimum absolute atomic E-state index is 0.0152. The third kappa shape index (κ3) is 7.82. The van der Waals surface area contributed by atoms with Crippen LogP contribution in [0.15, 0.2) is 23.8 Å². The highest BCUT2D eigenvalue weighted by Crippen LogP contribution is 2.32. The van der Waals surface area contributed by atoms with Crippen molar-refractivity contribution in [1.29, 1.82) is 0 Å². The Morgan fingerprint density at radius 1 is 1.03 bits per heavy atom. The molecule has 0 unspecified atom stereocenters. The Morgan fingerprint density at radius 3 is 2.46 bits per heavy atom. The van der Waals surface area contributed by atoms with Gasteiger partial charge in [0.2, 0.25) is 0 Å². The highest BCUT2D eigenvalue weighted by atomic mass is 16.5. The number of likely N-dealkylation sites (tertiary alicyclic amines) is 1. The Balaban J connectivity index is 1.23. The molecule has 1 saturated heterocycles. The molecular formula is C30H45NO4. The number of nitrogens with zero attached hydrogens (tertiary/aromatic N) is 1. The standard InChI is InChI=1S/C30H45NO4/c1-5-33-29(32)24-14-16-31(17-15-24)20-23-6-9-26-19-28(13-10-25(26)18-23)35-27-11-7-22(8-12-27)21-34-30(2,3)4/h10,13,18-19,22,24,27H,5-9,11-12,14-17,20-21H2,1-4H3/t22-,27+. The van der Waals surface area contributed by atoms with Gasteiger partial charge in [-0.05, 0) is 121 Å². The maximum absolute atomic E-state index is 12.0. The minimum Gasteiger partial charge on any atom is -0.490 e. The number of ether oxygens (including phenoxy) is 3. The van der Waals surface area contributed by atoms with Crippen LogP contribution in [0.3, 0.4) is 0 Å². The Bertz CT molecular complexity index is 871. The largest absolute Gasteiger partial charge is 0.490 e. The molecule has 2 fully saturated rings. The first-order chi connectivity index (χ1) is 16.8. The fourth-order valence-corrected chi connectivity index (χ4v) is 5.58. The molecule has 0 atom stereocenters. The number of esters is 1. The summed E-state index contributed by atoms with van der Waals surface area (Å²) in [5, 5.41) is 0. The maximum Gasteiger partial charge on any atom is 0.309 e. The van der Waals surface area contributed by atoms with E-state index in [-0.39, 0.29) is 17.5 Å². The molecule has 194 valence electrons. The number of rotatable bonds is 8. The predicted molar refractivity (Wildman–Crippen MR) is 141 cm³/mol. The summed E-state index contributed by atoms with van der Waals surface area (Å²) >= 11 is 0. The molecule has 1 aliphatic heterocycles. The van der Waals surface area contributed by atoms with Gasteiger partial charge in [-0.2, -0.15) is 0 Å². The van der Waals surface area contributed by atoms with Crippen molar-refractivity contribution < 1.29 is 19.0 Å². The van der Waals surface area contributed by atoms with E-state index in [0.717, 1.165) is 70.5 Å². The average Bonchev–Trinajstić information content (AvgIpc) is 2.84. The van der Waals surface area contributed by atoms with Crippen LogP contribution in [0, 0.1) is 11.8 Å². The lowest BCUT2D eigenvalue weighted by molar-refractivity contribution is -0.149. The highest BCUT2D eigenvalue weighted by molar-refractivity contribution is 5.72. The van der Waals surface area contributed by atoms with Gasteiger partial charge in [-0.25, -0.2) is 0 Å². The number of aryl methyl sites for hydroxylation is 1. The number of hydrogen-bond donors (Lipinski definition) is 0. The summed E-state index contributed by atoms with van der Waals surface area (Å²) in [6, 6.07) is 6.65. The van der Waals surface area contributed by atoms with Crippen LogP contribution >= 0.6 is 0 Å². The highest BCUT2D eigenvalue weighted by Gasteiger charge is 2.27. The van der Waals surface area contributed by atoms with E-state index >= 15 is 0 Å². The molecule has 3 aliphatic rings. The van der Waals surface area contributed by atoms with Crippen molar-refractivity contribution in [3.05, 3.63) is 34.9 Å². The predicted octanol–water partition coefficient (Wildman–Crippen LogP) is 6.04. The van der Waals surface area contributed by atoms with Gasteiger partial charge in [-0.3, -0.25) is 9.69 Å². The second-order valence-corrected chi connectivity index (χ2v) is 11.6. The summed E-state index contributed by atoms with van der Waals surface area (Å²) in [5.74, 6) is 1.75. The van der Waals surface area contributed by atoms with Crippen molar-refractivity contribution in [1.82, 2.24) is 4.90 Å². The van der Waals surface area contributed by atoms with Crippen LogP contribution in [-0.4, -0.2) is 55.4 Å². The number of hydrogen-bond acceptors (Lipinski definition) is 5. The summed E-state index contributed by atoms with van der Waals surface area (Å²) in [5.41, 5.74) is 4.19. The van der Waals surface area contributed by atoms with Crippen LogP contribution in [0.5, 0.6) is 5.75 Å². The summed E-state index contributed by atoms with van der Waals surface area (Å²) < 4.78 is 17.6. The number of fused-ring (bicyclic) bond motifs is 1. The molecule has 5 heteroatoms. The van der Waals surface area contributed by atoms with Crippen LogP contribution in [0.2, 0.25) is 0 Å². The second kappa shape index (κ2) is 11.9. The minimum atomic E-state index is -0.0499. The van der Waals surface area contributed by atoms with Gasteiger partial charge in [0.25, 0.3) is 0 Å². The second-order valence-electron chi connectivity index (χ2n) is 11.6. The van der Waals surface area contributed by atoms with Gasteiger partial charge < -0.3 is 14.2 Å². The molecule has 0 bridgehead atoms. The molecule has 0 aromatic heterocycles. The normalized spacial score (nSPS) is 23.9. The zero-order valence-electron chi connectivity index (χ0n) is 22.3. The first kappa shape index (κ1) is 26.2. The Hall–Kier alpha value is -1.85. The van der Waals surface area contributed by atoms with Crippen molar-refractivity contribution >= 4 is 12.0 Å². The number of carbonyl (C=O) groups excluding carboxylic acids is 1. The van der Waals surface area contributed by atoms with Crippen LogP contribution in [0.4, 0.5) is 0 Å². The molecule has 1 aromatic rings. The lowest BCUT2D eigenvalue weighted by Gasteiger charge is -2.32. The zero-order chi connectivity index (χ0) is 24.8. The smallest absolute Gasteiger partial charge is 0.309 e. The van der Waals surface area contributed by atoms with Crippen molar-refractivity contribution in [2.24, 2.45) is 11.8 Å². The van der Waals surface area contributed by atoms with Crippen LogP contribution in [0.25, 0.3) is 6.08 Å². The molecule has 0 amide bonds. The van der Waals surface area contributed by atoms with Crippen molar-refractivity contribution in [2.75, 3.05) is 32.8 Å². The van der Waals surface area contributed by atoms with Gasteiger partial charge in [0.15, 0.2) is 0 Å². The van der Waals surface area contributed by atoms with E-state index in [9.17, 15) is 4.79 Å². The molecule has 35 heavy (non-hydrogen) atoms. The lowest BCUT2D eigenvalue weighted by Crippen LogP contribution is -2.38. The van der Waals surface area contributed by atoms with Crippen LogP contribution in [-0.2, 0) is 20.7 Å². The quantitative estimate of drug-likeness (QED) is 0.422. The number of benzene rings is 1.